The fourth-order valence-electron chi connectivity index (χ4n) is 4.93. The molecule has 0 bridgehead atoms. The summed E-state index contributed by atoms with van der Waals surface area (Å²) in [5, 5.41) is 13.5. The molecule has 2 N–H and O–H groups in total. The Kier molecular flexibility index (Phi) is 5.20. The van der Waals surface area contributed by atoms with Gasteiger partial charge in [-0.2, -0.15) is 0 Å². The molecule has 122 valence electrons. The number of nitrogens with one attached hydrogen (secondary N) is 1. The molecule has 0 aromatic carbocycles. The summed E-state index contributed by atoms with van der Waals surface area (Å²) in [6, 6.07) is 1.26. The van der Waals surface area contributed by atoms with Gasteiger partial charge < -0.3 is 15.2 Å². The topological polar surface area (TPSA) is 44.7 Å². The first-order chi connectivity index (χ1) is 10.3. The maximum Gasteiger partial charge on any atom is 0.0731 e. The van der Waals surface area contributed by atoms with Gasteiger partial charge in [0.1, 0.15) is 0 Å². The zero-order chi connectivity index (χ0) is 14.7. The van der Waals surface area contributed by atoms with Crippen molar-refractivity contribution in [2.24, 2.45) is 0 Å². The molecule has 0 amide bonds. The van der Waals surface area contributed by atoms with Crippen molar-refractivity contribution in [1.82, 2.24) is 10.2 Å². The Balaban J connectivity index is 1.69. The van der Waals surface area contributed by atoms with Gasteiger partial charge in [-0.15, -0.1) is 0 Å². The molecule has 4 nitrogen and oxygen atoms in total. The van der Waals surface area contributed by atoms with Crippen LogP contribution in [0.15, 0.2) is 0 Å². The number of aliphatic hydroxyl groups excluding tert-OH is 1. The Labute approximate surface area is 129 Å². The number of aliphatic hydroxyl groups is 1. The molecule has 2 saturated carbocycles. The summed E-state index contributed by atoms with van der Waals surface area (Å²) in [4.78, 5) is 2.74. The van der Waals surface area contributed by atoms with Gasteiger partial charge in [-0.25, -0.2) is 0 Å². The van der Waals surface area contributed by atoms with E-state index in [2.05, 4.69) is 17.1 Å². The van der Waals surface area contributed by atoms with Crippen LogP contribution in [0.5, 0.6) is 0 Å². The van der Waals surface area contributed by atoms with E-state index in [0.717, 1.165) is 32.5 Å². The monoisotopic (exact) mass is 296 g/mol. The highest BCUT2D eigenvalue weighted by Crippen LogP contribution is 2.36. The largest absolute Gasteiger partial charge is 0.394 e. The first kappa shape index (κ1) is 15.7. The molecule has 3 rings (SSSR count). The molecule has 0 radical (unpaired) electrons. The first-order valence-electron chi connectivity index (χ1n) is 9.01. The van der Waals surface area contributed by atoms with E-state index >= 15 is 0 Å². The smallest absolute Gasteiger partial charge is 0.0731 e. The second-order valence-corrected chi connectivity index (χ2v) is 7.22. The predicted octanol–water partition coefficient (Wildman–Crippen LogP) is 1.91. The Bertz CT molecular complexity index is 333. The van der Waals surface area contributed by atoms with Crippen LogP contribution in [0.4, 0.5) is 0 Å². The lowest BCUT2D eigenvalue weighted by molar-refractivity contribution is -0.112. The third kappa shape index (κ3) is 3.29. The normalized spacial score (nSPS) is 41.7. The second-order valence-electron chi connectivity index (χ2n) is 7.22. The third-order valence-electron chi connectivity index (χ3n) is 5.92. The molecule has 4 atom stereocenters. The number of ether oxygens (including phenoxy) is 1. The third-order valence-corrected chi connectivity index (χ3v) is 5.92. The molecule has 0 aromatic rings. The van der Waals surface area contributed by atoms with Crippen molar-refractivity contribution < 1.29 is 9.84 Å². The van der Waals surface area contributed by atoms with Crippen LogP contribution in [0, 0.1) is 0 Å². The molecule has 4 heteroatoms. The lowest BCUT2D eigenvalue weighted by Crippen LogP contribution is -2.61. The van der Waals surface area contributed by atoms with Crippen molar-refractivity contribution >= 4 is 0 Å². The van der Waals surface area contributed by atoms with Crippen LogP contribution in [0.1, 0.15) is 58.3 Å². The van der Waals surface area contributed by atoms with E-state index in [-0.39, 0.29) is 12.1 Å². The van der Waals surface area contributed by atoms with Gasteiger partial charge >= 0.3 is 0 Å². The van der Waals surface area contributed by atoms with E-state index in [4.69, 9.17) is 4.74 Å². The molecule has 3 aliphatic rings. The minimum absolute atomic E-state index is 0.0415. The number of hydrogen-bond acceptors (Lipinski definition) is 4. The Morgan fingerprint density at radius 1 is 1.24 bits per heavy atom. The number of rotatable bonds is 4. The maximum atomic E-state index is 9.92. The van der Waals surface area contributed by atoms with Crippen LogP contribution >= 0.6 is 0 Å². The van der Waals surface area contributed by atoms with E-state index < -0.39 is 0 Å². The van der Waals surface area contributed by atoms with Crippen molar-refractivity contribution in [1.29, 1.82) is 0 Å². The van der Waals surface area contributed by atoms with Crippen LogP contribution in [0.25, 0.3) is 0 Å². The summed E-state index contributed by atoms with van der Waals surface area (Å²) in [7, 11) is 0. The lowest BCUT2D eigenvalue weighted by Gasteiger charge is -2.51. The van der Waals surface area contributed by atoms with Crippen molar-refractivity contribution in [3.63, 3.8) is 0 Å². The van der Waals surface area contributed by atoms with Gasteiger partial charge in [-0.05, 0) is 45.1 Å². The molecular formula is C17H32N2O2. The number of morpholine rings is 1. The molecule has 4 unspecified atom stereocenters. The van der Waals surface area contributed by atoms with Crippen molar-refractivity contribution in [2.75, 3.05) is 26.3 Å². The Morgan fingerprint density at radius 2 is 2.10 bits per heavy atom. The minimum atomic E-state index is -0.0415. The molecular weight excluding hydrogens is 264 g/mol. The molecule has 1 aliphatic heterocycles. The van der Waals surface area contributed by atoms with Crippen LogP contribution in [0.2, 0.25) is 0 Å². The zero-order valence-corrected chi connectivity index (χ0v) is 13.5. The standard InChI is InChI=1S/C17H32N2O2/c1-2-18-17(13-20)9-5-6-14(12-17)19-10-11-21-16-8-4-3-7-15(16)19/h14-16,18,20H,2-13H2,1H3. The van der Waals surface area contributed by atoms with Crippen LogP contribution in [-0.4, -0.2) is 60.0 Å². The Hall–Kier alpha value is -0.160. The summed E-state index contributed by atoms with van der Waals surface area (Å²) in [5.74, 6) is 0. The van der Waals surface area contributed by atoms with Crippen molar-refractivity contribution in [3.05, 3.63) is 0 Å². The summed E-state index contributed by atoms with van der Waals surface area (Å²) in [6.45, 7) is 5.34. The van der Waals surface area contributed by atoms with Crippen LogP contribution < -0.4 is 5.32 Å². The molecule has 1 heterocycles. The molecule has 0 spiro atoms. The Morgan fingerprint density at radius 3 is 2.90 bits per heavy atom. The second kappa shape index (κ2) is 6.95. The number of hydrogen-bond donors (Lipinski definition) is 2. The van der Waals surface area contributed by atoms with Gasteiger partial charge in [0.05, 0.1) is 19.3 Å². The van der Waals surface area contributed by atoms with E-state index in [0.29, 0.717) is 18.2 Å². The summed E-state index contributed by atoms with van der Waals surface area (Å²) in [6.07, 6.45) is 10.4. The van der Waals surface area contributed by atoms with Gasteiger partial charge in [-0.1, -0.05) is 19.8 Å². The highest BCUT2D eigenvalue weighted by atomic mass is 16.5. The zero-order valence-electron chi connectivity index (χ0n) is 13.5. The molecule has 21 heavy (non-hydrogen) atoms. The summed E-state index contributed by atoms with van der Waals surface area (Å²) >= 11 is 0. The highest BCUT2D eigenvalue weighted by molar-refractivity contribution is 4.99. The quantitative estimate of drug-likeness (QED) is 0.832. The maximum absolute atomic E-state index is 9.92. The fourth-order valence-corrected chi connectivity index (χ4v) is 4.93. The fraction of sp³-hybridized carbons (Fsp3) is 1.00. The van der Waals surface area contributed by atoms with Gasteiger partial charge in [0.15, 0.2) is 0 Å². The number of likely N-dealkylation sites (N-methyl/N-ethyl adjacent to an activating group) is 1. The van der Waals surface area contributed by atoms with Crippen molar-refractivity contribution in [2.45, 2.75) is 82.0 Å². The van der Waals surface area contributed by atoms with Gasteiger partial charge in [0.2, 0.25) is 0 Å². The van der Waals surface area contributed by atoms with E-state index in [1.54, 1.807) is 0 Å². The molecule has 2 aliphatic carbocycles. The minimum Gasteiger partial charge on any atom is -0.394 e. The first-order valence-corrected chi connectivity index (χ1v) is 9.01. The van der Waals surface area contributed by atoms with E-state index in [1.807, 2.05) is 0 Å². The van der Waals surface area contributed by atoms with Crippen LogP contribution in [0.3, 0.4) is 0 Å². The number of nitrogens with zero attached hydrogens (tertiary/aromatic N) is 1. The van der Waals surface area contributed by atoms with Gasteiger partial charge in [0, 0.05) is 24.2 Å². The molecule has 0 aromatic heterocycles. The lowest BCUT2D eigenvalue weighted by atomic mass is 9.77. The van der Waals surface area contributed by atoms with Crippen LogP contribution in [-0.2, 0) is 4.74 Å². The SMILES string of the molecule is CCNC1(CO)CCCC(N2CCOC3CCCCC32)C1. The van der Waals surface area contributed by atoms with Crippen molar-refractivity contribution in [3.8, 4) is 0 Å². The van der Waals surface area contributed by atoms with E-state index in [9.17, 15) is 5.11 Å². The molecule has 1 saturated heterocycles. The van der Waals surface area contributed by atoms with E-state index in [1.165, 1.54) is 38.5 Å². The van der Waals surface area contributed by atoms with Gasteiger partial charge in [0.25, 0.3) is 0 Å². The van der Waals surface area contributed by atoms with Gasteiger partial charge in [-0.3, -0.25) is 4.90 Å². The average molecular weight is 296 g/mol. The summed E-state index contributed by atoms with van der Waals surface area (Å²) in [5.41, 5.74) is -0.0415. The summed E-state index contributed by atoms with van der Waals surface area (Å²) < 4.78 is 6.02. The average Bonchev–Trinajstić information content (AvgIpc) is 2.55. The predicted molar refractivity (Wildman–Crippen MR) is 84.5 cm³/mol. The molecule has 3 fully saturated rings. The number of fused-ring (bicyclic) bond motifs is 1. The highest BCUT2D eigenvalue weighted by Gasteiger charge is 2.42.